The van der Waals surface area contributed by atoms with E-state index in [0.29, 0.717) is 6.04 Å². The molecule has 4 heteroatoms. The van der Waals surface area contributed by atoms with Gasteiger partial charge in [-0.2, -0.15) is 0 Å². The third-order valence-electron chi connectivity index (χ3n) is 1.60. The van der Waals surface area contributed by atoms with Crippen LogP contribution in [0.4, 0.5) is 0 Å². The first-order valence-corrected chi connectivity index (χ1v) is 2.92. The lowest BCUT2D eigenvalue weighted by atomic mass is 10.2. The number of nitrogens with zero attached hydrogens (tertiary/aromatic N) is 1. The molecule has 0 amide bonds. The van der Waals surface area contributed by atoms with Crippen molar-refractivity contribution in [2.24, 2.45) is 0 Å². The molecule has 56 valence electrons. The van der Waals surface area contributed by atoms with E-state index in [-0.39, 0.29) is 19.0 Å². The Morgan fingerprint density at radius 1 is 1.78 bits per heavy atom. The van der Waals surface area contributed by atoms with Crippen molar-refractivity contribution in [1.29, 1.82) is 0 Å². The maximum Gasteiger partial charge on any atom is 0.0601 e. The third-order valence-corrected chi connectivity index (χ3v) is 1.60. The second-order valence-corrected chi connectivity index (χ2v) is 2.14. The van der Waals surface area contributed by atoms with Gasteiger partial charge in [0, 0.05) is 19.6 Å². The van der Waals surface area contributed by atoms with Crippen LogP contribution in [-0.2, 0) is 0 Å². The summed E-state index contributed by atoms with van der Waals surface area (Å²) in [4.78, 5) is 0. The Hall–Kier alpha value is 0.170. The van der Waals surface area contributed by atoms with Crippen LogP contribution < -0.4 is 5.43 Å². The number of aliphatic hydroxyl groups is 1. The van der Waals surface area contributed by atoms with Crippen molar-refractivity contribution in [2.45, 2.75) is 12.5 Å². The van der Waals surface area contributed by atoms with Crippen molar-refractivity contribution in [2.75, 3.05) is 20.2 Å². The van der Waals surface area contributed by atoms with Gasteiger partial charge in [-0.05, 0) is 6.42 Å². The molecule has 0 aromatic heterocycles. The molecule has 0 aromatic rings. The molecular weight excluding hydrogens is 140 g/mol. The Bertz CT molecular complexity index is 81.4. The molecule has 1 aliphatic heterocycles. The normalized spacial score (nSPS) is 28.0. The number of rotatable bonds is 1. The summed E-state index contributed by atoms with van der Waals surface area (Å²) < 4.78 is 0. The zero-order valence-electron chi connectivity index (χ0n) is 5.50. The van der Waals surface area contributed by atoms with Crippen molar-refractivity contribution >= 4 is 12.4 Å². The number of likely N-dealkylation sites (N-methyl/N-ethyl adjacent to an activating group) is 1. The van der Waals surface area contributed by atoms with E-state index in [4.69, 9.17) is 5.11 Å². The molecule has 0 bridgehead atoms. The van der Waals surface area contributed by atoms with Crippen LogP contribution in [0.2, 0.25) is 0 Å². The number of hydrogen-bond acceptors (Lipinski definition) is 3. The van der Waals surface area contributed by atoms with Crippen LogP contribution in [0.3, 0.4) is 0 Å². The van der Waals surface area contributed by atoms with E-state index < -0.39 is 0 Å². The topological polar surface area (TPSA) is 35.5 Å². The Morgan fingerprint density at radius 2 is 2.44 bits per heavy atom. The second kappa shape index (κ2) is 4.06. The maximum absolute atomic E-state index is 8.65. The highest BCUT2D eigenvalue weighted by molar-refractivity contribution is 5.85. The number of hydrazine groups is 1. The van der Waals surface area contributed by atoms with Crippen molar-refractivity contribution in [3.05, 3.63) is 0 Å². The fourth-order valence-corrected chi connectivity index (χ4v) is 0.944. The molecule has 1 saturated heterocycles. The summed E-state index contributed by atoms with van der Waals surface area (Å²) in [5.74, 6) is 0. The summed E-state index contributed by atoms with van der Waals surface area (Å²) in [6.45, 7) is 1.27. The molecule has 0 aliphatic carbocycles. The lowest BCUT2D eigenvalue weighted by Gasteiger charge is -2.15. The monoisotopic (exact) mass is 152 g/mol. The number of hydrogen-bond donors (Lipinski definition) is 2. The van der Waals surface area contributed by atoms with Gasteiger partial charge < -0.3 is 5.11 Å². The van der Waals surface area contributed by atoms with Gasteiger partial charge in [0.25, 0.3) is 0 Å². The zero-order chi connectivity index (χ0) is 5.98. The van der Waals surface area contributed by atoms with E-state index in [2.05, 4.69) is 5.43 Å². The Balaban J connectivity index is 0.000000640. The average Bonchev–Trinajstić information content (AvgIpc) is 2.14. The first-order valence-electron chi connectivity index (χ1n) is 2.92. The van der Waals surface area contributed by atoms with Crippen molar-refractivity contribution in [3.63, 3.8) is 0 Å². The highest BCUT2D eigenvalue weighted by Gasteiger charge is 2.18. The van der Waals surface area contributed by atoms with Gasteiger partial charge in [-0.1, -0.05) is 0 Å². The zero-order valence-corrected chi connectivity index (χ0v) is 6.32. The van der Waals surface area contributed by atoms with E-state index in [1.165, 1.54) is 0 Å². The van der Waals surface area contributed by atoms with Gasteiger partial charge >= 0.3 is 0 Å². The molecule has 1 rings (SSSR count). The smallest absolute Gasteiger partial charge is 0.0601 e. The van der Waals surface area contributed by atoms with Gasteiger partial charge in [-0.15, -0.1) is 12.4 Å². The van der Waals surface area contributed by atoms with Gasteiger partial charge in [0.05, 0.1) is 6.61 Å². The van der Waals surface area contributed by atoms with Gasteiger partial charge in [0.15, 0.2) is 0 Å². The van der Waals surface area contributed by atoms with Gasteiger partial charge in [0.1, 0.15) is 0 Å². The summed E-state index contributed by atoms with van der Waals surface area (Å²) in [7, 11) is 1.95. The third kappa shape index (κ3) is 2.10. The van der Waals surface area contributed by atoms with Crippen LogP contribution in [0.1, 0.15) is 6.42 Å². The highest BCUT2D eigenvalue weighted by Crippen LogP contribution is 2.03. The fourth-order valence-electron chi connectivity index (χ4n) is 0.944. The summed E-state index contributed by atoms with van der Waals surface area (Å²) in [6.07, 6.45) is 1.06. The SMILES string of the molecule is CN1NCCC1CO.Cl. The lowest BCUT2D eigenvalue weighted by molar-refractivity contribution is 0.151. The molecule has 0 radical (unpaired) electrons. The summed E-state index contributed by atoms with van der Waals surface area (Å²) >= 11 is 0. The van der Waals surface area contributed by atoms with E-state index in [9.17, 15) is 0 Å². The first kappa shape index (κ1) is 9.17. The number of nitrogens with one attached hydrogen (secondary N) is 1. The van der Waals surface area contributed by atoms with Crippen LogP contribution in [-0.4, -0.2) is 36.4 Å². The lowest BCUT2D eigenvalue weighted by Crippen LogP contribution is -2.34. The molecule has 0 spiro atoms. The molecule has 1 atom stereocenters. The maximum atomic E-state index is 8.65. The molecule has 0 saturated carbocycles. The molecule has 1 aliphatic rings. The van der Waals surface area contributed by atoms with Gasteiger partial charge in [-0.3, -0.25) is 5.43 Å². The van der Waals surface area contributed by atoms with E-state index >= 15 is 0 Å². The van der Waals surface area contributed by atoms with Crippen molar-refractivity contribution in [3.8, 4) is 0 Å². The van der Waals surface area contributed by atoms with Crippen LogP contribution in [0.5, 0.6) is 0 Å². The van der Waals surface area contributed by atoms with Crippen molar-refractivity contribution in [1.82, 2.24) is 10.4 Å². The Morgan fingerprint density at radius 3 is 2.67 bits per heavy atom. The predicted octanol–water partition coefficient (Wildman–Crippen LogP) is -0.391. The molecule has 0 aromatic carbocycles. The highest BCUT2D eigenvalue weighted by atomic mass is 35.5. The molecule has 1 heterocycles. The number of halogens is 1. The Labute approximate surface area is 61.4 Å². The van der Waals surface area contributed by atoms with Crippen LogP contribution in [0.25, 0.3) is 0 Å². The summed E-state index contributed by atoms with van der Waals surface area (Å²) in [5, 5.41) is 10.6. The molecule has 1 fully saturated rings. The van der Waals surface area contributed by atoms with Gasteiger partial charge in [-0.25, -0.2) is 5.01 Å². The van der Waals surface area contributed by atoms with Crippen molar-refractivity contribution < 1.29 is 5.11 Å². The standard InChI is InChI=1S/C5H12N2O.ClH/c1-7-5(4-8)2-3-6-7;/h5-6,8H,2-4H2,1H3;1H. The molecule has 9 heavy (non-hydrogen) atoms. The van der Waals surface area contributed by atoms with Crippen LogP contribution in [0, 0.1) is 0 Å². The Kier molecular flexibility index (Phi) is 4.14. The molecule has 2 N–H and O–H groups in total. The minimum Gasteiger partial charge on any atom is -0.395 e. The van der Waals surface area contributed by atoms with E-state index in [0.717, 1.165) is 13.0 Å². The molecule has 3 nitrogen and oxygen atoms in total. The molecular formula is C5H13ClN2O. The number of aliphatic hydroxyl groups excluding tert-OH is 1. The minimum absolute atomic E-state index is 0. The van der Waals surface area contributed by atoms with E-state index in [1.807, 2.05) is 12.1 Å². The first-order chi connectivity index (χ1) is 3.84. The van der Waals surface area contributed by atoms with Crippen LogP contribution >= 0.6 is 12.4 Å². The van der Waals surface area contributed by atoms with Gasteiger partial charge in [0.2, 0.25) is 0 Å². The van der Waals surface area contributed by atoms with Crippen LogP contribution in [0.15, 0.2) is 0 Å². The minimum atomic E-state index is 0. The average molecular weight is 153 g/mol. The summed E-state index contributed by atoms with van der Waals surface area (Å²) in [5.41, 5.74) is 3.09. The fraction of sp³-hybridized carbons (Fsp3) is 1.00. The second-order valence-electron chi connectivity index (χ2n) is 2.14. The quantitative estimate of drug-likeness (QED) is 0.537. The predicted molar refractivity (Wildman–Crippen MR) is 38.5 cm³/mol. The largest absolute Gasteiger partial charge is 0.395 e. The van der Waals surface area contributed by atoms with E-state index in [1.54, 1.807) is 0 Å². The molecule has 1 unspecified atom stereocenters. The summed E-state index contributed by atoms with van der Waals surface area (Å²) in [6, 6.07) is 0.343.